The van der Waals surface area contributed by atoms with Gasteiger partial charge in [0.25, 0.3) is 10.0 Å². The zero-order valence-electron chi connectivity index (χ0n) is 14.4. The predicted octanol–water partition coefficient (Wildman–Crippen LogP) is 3.96. The number of anilines is 1. The van der Waals surface area contributed by atoms with Crippen molar-refractivity contribution in [2.24, 2.45) is 0 Å². The van der Waals surface area contributed by atoms with E-state index in [1.807, 2.05) is 0 Å². The molecule has 0 saturated heterocycles. The zero-order valence-corrected chi connectivity index (χ0v) is 15.2. The zero-order chi connectivity index (χ0) is 20.5. The molecule has 0 saturated carbocycles. The second-order valence-corrected chi connectivity index (χ2v) is 7.95. The van der Waals surface area contributed by atoms with E-state index in [1.54, 1.807) is 6.07 Å². The monoisotopic (exact) mass is 415 g/mol. The summed E-state index contributed by atoms with van der Waals surface area (Å²) in [6, 6.07) is 6.72. The van der Waals surface area contributed by atoms with Gasteiger partial charge in [-0.15, -0.1) is 13.2 Å². The maximum atomic E-state index is 12.6. The molecule has 0 amide bonds. The third kappa shape index (κ3) is 4.38. The highest BCUT2D eigenvalue weighted by atomic mass is 32.2. The number of alkyl halides is 3. The Morgan fingerprint density at radius 2 is 1.68 bits per heavy atom. The number of hydrogen-bond acceptors (Lipinski definition) is 4. The minimum Gasteiger partial charge on any atom is -0.478 e. The number of hydrogen-bond donors (Lipinski definition) is 2. The van der Waals surface area contributed by atoms with Crippen LogP contribution in [0.5, 0.6) is 5.75 Å². The van der Waals surface area contributed by atoms with Crippen LogP contribution in [0, 0.1) is 0 Å². The molecule has 2 N–H and O–H groups in total. The Balaban J connectivity index is 1.91. The lowest BCUT2D eigenvalue weighted by Crippen LogP contribution is -2.19. The average Bonchev–Trinajstić information content (AvgIpc) is 2.60. The summed E-state index contributed by atoms with van der Waals surface area (Å²) < 4.78 is 67.7. The van der Waals surface area contributed by atoms with E-state index in [0.29, 0.717) is 12.0 Å². The van der Waals surface area contributed by atoms with Gasteiger partial charge in [-0.25, -0.2) is 13.2 Å². The third-order valence-electron chi connectivity index (χ3n) is 4.36. The number of rotatable bonds is 5. The Morgan fingerprint density at radius 3 is 2.29 bits per heavy atom. The normalized spacial score (nSPS) is 14.2. The number of benzene rings is 2. The minimum absolute atomic E-state index is 0.0798. The molecule has 0 atom stereocenters. The highest BCUT2D eigenvalue weighted by Crippen LogP contribution is 2.31. The number of halogens is 3. The number of aromatic carboxylic acids is 1. The maximum absolute atomic E-state index is 12.6. The number of ether oxygens (including phenoxy) is 1. The van der Waals surface area contributed by atoms with Crippen LogP contribution in [0.25, 0.3) is 0 Å². The van der Waals surface area contributed by atoms with Crippen molar-refractivity contribution < 1.29 is 36.2 Å². The number of carbonyl (C=O) groups is 1. The second kappa shape index (κ2) is 7.34. The van der Waals surface area contributed by atoms with Gasteiger partial charge in [0, 0.05) is 0 Å². The van der Waals surface area contributed by atoms with Gasteiger partial charge in [-0.3, -0.25) is 4.72 Å². The maximum Gasteiger partial charge on any atom is 0.573 e. The molecule has 0 bridgehead atoms. The number of fused-ring (bicyclic) bond motifs is 1. The van der Waals surface area contributed by atoms with Gasteiger partial charge in [-0.1, -0.05) is 6.07 Å². The first-order valence-electron chi connectivity index (χ1n) is 8.33. The lowest BCUT2D eigenvalue weighted by Gasteiger charge is -2.20. The summed E-state index contributed by atoms with van der Waals surface area (Å²) in [5.41, 5.74) is 1.30. The summed E-state index contributed by atoms with van der Waals surface area (Å²) >= 11 is 0. The Labute approximate surface area is 159 Å². The second-order valence-electron chi connectivity index (χ2n) is 6.26. The van der Waals surface area contributed by atoms with Gasteiger partial charge in [-0.05, 0) is 67.1 Å². The molecule has 0 aliphatic heterocycles. The Kier molecular flexibility index (Phi) is 5.24. The van der Waals surface area contributed by atoms with E-state index in [2.05, 4.69) is 9.46 Å². The fourth-order valence-corrected chi connectivity index (χ4v) is 4.25. The molecule has 10 heteroatoms. The average molecular weight is 415 g/mol. The molecule has 0 aromatic heterocycles. The molecule has 150 valence electrons. The summed E-state index contributed by atoms with van der Waals surface area (Å²) in [5, 5.41) is 9.58. The van der Waals surface area contributed by atoms with E-state index in [0.717, 1.165) is 49.1 Å². The van der Waals surface area contributed by atoms with E-state index >= 15 is 0 Å². The predicted molar refractivity (Wildman–Crippen MR) is 94.0 cm³/mol. The molecule has 3 rings (SSSR count). The van der Waals surface area contributed by atoms with Crippen LogP contribution in [-0.4, -0.2) is 25.9 Å². The first kappa shape index (κ1) is 20.0. The first-order chi connectivity index (χ1) is 13.1. The number of aryl methyl sites for hydroxylation is 1. The Hall–Kier alpha value is -2.75. The van der Waals surface area contributed by atoms with E-state index in [1.165, 1.54) is 6.07 Å². The molecule has 0 heterocycles. The van der Waals surface area contributed by atoms with E-state index < -0.39 is 28.1 Å². The molecule has 2 aromatic carbocycles. The molecule has 1 aliphatic carbocycles. The van der Waals surface area contributed by atoms with Crippen molar-refractivity contribution in [3.63, 3.8) is 0 Å². The lowest BCUT2D eigenvalue weighted by atomic mass is 9.87. The van der Waals surface area contributed by atoms with Crippen LogP contribution in [0.2, 0.25) is 0 Å². The van der Waals surface area contributed by atoms with Crippen molar-refractivity contribution in [3.05, 3.63) is 53.1 Å². The quantitative estimate of drug-likeness (QED) is 0.771. The van der Waals surface area contributed by atoms with Crippen molar-refractivity contribution in [2.45, 2.75) is 36.9 Å². The molecule has 0 unspecified atom stereocenters. The number of carboxylic acids is 1. The molecule has 0 spiro atoms. The van der Waals surface area contributed by atoms with Crippen molar-refractivity contribution in [2.75, 3.05) is 4.72 Å². The summed E-state index contributed by atoms with van der Waals surface area (Å²) in [5.74, 6) is -1.81. The first-order valence-corrected chi connectivity index (χ1v) is 9.82. The summed E-state index contributed by atoms with van der Waals surface area (Å²) in [6.45, 7) is 0. The van der Waals surface area contributed by atoms with Crippen LogP contribution in [0.4, 0.5) is 18.9 Å². The molecule has 28 heavy (non-hydrogen) atoms. The van der Waals surface area contributed by atoms with Gasteiger partial charge in [0.2, 0.25) is 0 Å². The molecule has 1 aliphatic rings. The van der Waals surface area contributed by atoms with Crippen LogP contribution in [0.3, 0.4) is 0 Å². The van der Waals surface area contributed by atoms with Gasteiger partial charge in [-0.2, -0.15) is 0 Å². The molecule has 2 aromatic rings. The largest absolute Gasteiger partial charge is 0.573 e. The molecule has 0 fully saturated rings. The van der Waals surface area contributed by atoms with Gasteiger partial charge < -0.3 is 9.84 Å². The smallest absolute Gasteiger partial charge is 0.478 e. The van der Waals surface area contributed by atoms with Crippen LogP contribution in [-0.2, 0) is 22.9 Å². The fourth-order valence-electron chi connectivity index (χ4n) is 3.18. The topological polar surface area (TPSA) is 92.7 Å². The number of sulfonamides is 1. The SMILES string of the molecule is O=C(O)c1c(NS(=O)(=O)c2ccc(OC(F)(F)F)cc2)ccc2c1CCCC2. The van der Waals surface area contributed by atoms with Gasteiger partial charge in [0.1, 0.15) is 5.75 Å². The highest BCUT2D eigenvalue weighted by molar-refractivity contribution is 7.92. The van der Waals surface area contributed by atoms with Crippen LogP contribution in [0.1, 0.15) is 34.3 Å². The van der Waals surface area contributed by atoms with Crippen LogP contribution < -0.4 is 9.46 Å². The van der Waals surface area contributed by atoms with Crippen molar-refractivity contribution in [1.82, 2.24) is 0 Å². The van der Waals surface area contributed by atoms with Crippen LogP contribution >= 0.6 is 0 Å². The van der Waals surface area contributed by atoms with Crippen molar-refractivity contribution >= 4 is 21.7 Å². The molecular weight excluding hydrogens is 399 g/mol. The summed E-state index contributed by atoms with van der Waals surface area (Å²) in [4.78, 5) is 11.4. The number of carboxylic acid groups (broad SMARTS) is 1. The summed E-state index contributed by atoms with van der Waals surface area (Å²) in [6.07, 6.45) is -1.88. The van der Waals surface area contributed by atoms with Crippen LogP contribution in [0.15, 0.2) is 41.3 Å². The van der Waals surface area contributed by atoms with Gasteiger partial charge in [0.05, 0.1) is 16.1 Å². The lowest BCUT2D eigenvalue weighted by molar-refractivity contribution is -0.274. The molecule has 0 radical (unpaired) electrons. The molecular formula is C18H16F3NO5S. The van der Waals surface area contributed by atoms with E-state index in [9.17, 15) is 31.5 Å². The fraction of sp³-hybridized carbons (Fsp3) is 0.278. The van der Waals surface area contributed by atoms with Gasteiger partial charge in [0.15, 0.2) is 0 Å². The van der Waals surface area contributed by atoms with E-state index in [4.69, 9.17) is 0 Å². The summed E-state index contributed by atoms with van der Waals surface area (Å²) in [7, 11) is -4.21. The van der Waals surface area contributed by atoms with Crippen molar-refractivity contribution in [1.29, 1.82) is 0 Å². The van der Waals surface area contributed by atoms with Gasteiger partial charge >= 0.3 is 12.3 Å². The standard InChI is InChI=1S/C18H16F3NO5S/c19-18(20,21)27-12-6-8-13(9-7-12)28(25,26)22-15-10-5-11-3-1-2-4-14(11)16(15)17(23)24/h5-10,22H,1-4H2,(H,23,24). The molecule has 6 nitrogen and oxygen atoms in total. The highest BCUT2D eigenvalue weighted by Gasteiger charge is 2.31. The Morgan fingerprint density at radius 1 is 1.04 bits per heavy atom. The van der Waals surface area contributed by atoms with Crippen molar-refractivity contribution in [3.8, 4) is 5.75 Å². The van der Waals surface area contributed by atoms with E-state index in [-0.39, 0.29) is 16.1 Å². The minimum atomic E-state index is -4.89. The third-order valence-corrected chi connectivity index (χ3v) is 5.74. The number of nitrogens with one attached hydrogen (secondary N) is 1. The Bertz CT molecular complexity index is 1000.